The number of ether oxygens (including phenoxy) is 5. The predicted octanol–water partition coefficient (Wildman–Crippen LogP) is 8.86. The number of aliphatic hydroxyl groups is 3. The van der Waals surface area contributed by atoms with E-state index in [-0.39, 0.29) is 89.3 Å². The van der Waals surface area contributed by atoms with Crippen LogP contribution in [0.5, 0.6) is 17.2 Å². The largest absolute Gasteiger partial charge is 0.459 e. The minimum absolute atomic E-state index is 0.0101. The minimum Gasteiger partial charge on any atom is -0.459 e. The maximum absolute atomic E-state index is 14.5. The summed E-state index contributed by atoms with van der Waals surface area (Å²) in [4.78, 5) is 33.1. The van der Waals surface area contributed by atoms with Gasteiger partial charge in [0.15, 0.2) is 0 Å². The van der Waals surface area contributed by atoms with Gasteiger partial charge < -0.3 is 43.8 Å². The predicted molar refractivity (Wildman–Crippen MR) is 250 cm³/mol. The van der Waals surface area contributed by atoms with Gasteiger partial charge in [0.05, 0.1) is 49.6 Å². The van der Waals surface area contributed by atoms with Gasteiger partial charge in [-0.2, -0.15) is 0 Å². The number of amides is 1. The lowest BCUT2D eigenvalue weighted by Gasteiger charge is -2.59. The fraction of sp³-hybridized carbons (Fsp3) is 0.490. The van der Waals surface area contributed by atoms with Gasteiger partial charge in [-0.15, -0.1) is 13.2 Å². The Labute approximate surface area is 387 Å². The van der Waals surface area contributed by atoms with Gasteiger partial charge >= 0.3 is 6.09 Å². The van der Waals surface area contributed by atoms with Crippen LogP contribution in [0.3, 0.4) is 0 Å². The van der Waals surface area contributed by atoms with Gasteiger partial charge in [-0.3, -0.25) is 15.0 Å². The number of non-ortho nitro benzene ring substituents is 1. The molecule has 15 heteroatoms. The molecule has 15 nitrogen and oxygen atoms in total. The van der Waals surface area contributed by atoms with Crippen molar-refractivity contribution in [2.45, 2.75) is 89.6 Å². The summed E-state index contributed by atoms with van der Waals surface area (Å²) in [5.74, 6) is -0.640. The number of benzene rings is 3. The number of unbranched alkanes of at least 4 members (excludes halogenated alkanes) is 2. The number of allylic oxidation sites excluding steroid dienone is 1. The maximum Gasteiger partial charge on any atom is 0.410 e. The molecule has 2 aliphatic carbocycles. The molecule has 66 heavy (non-hydrogen) atoms. The molecule has 0 bridgehead atoms. The summed E-state index contributed by atoms with van der Waals surface area (Å²) >= 11 is 0. The number of hydrogen-bond acceptors (Lipinski definition) is 13. The fourth-order valence-electron chi connectivity index (χ4n) is 9.54. The molecule has 6 rings (SSSR count). The number of carbonyl (C=O) groups excluding carboxylic acids is 1. The molecule has 0 aromatic heterocycles. The molecule has 356 valence electrons. The number of nitro benzene ring substituents is 1. The van der Waals surface area contributed by atoms with Crippen molar-refractivity contribution in [1.82, 2.24) is 4.90 Å². The summed E-state index contributed by atoms with van der Waals surface area (Å²) in [6, 6.07) is 17.0. The van der Waals surface area contributed by atoms with Gasteiger partial charge in [0, 0.05) is 49.8 Å². The van der Waals surface area contributed by atoms with Crippen molar-refractivity contribution in [3.05, 3.63) is 130 Å². The van der Waals surface area contributed by atoms with E-state index in [1.807, 2.05) is 43.3 Å². The van der Waals surface area contributed by atoms with Crippen LogP contribution in [0.15, 0.2) is 103 Å². The standard InChI is InChI=1S/C51H65N3O12/c1-5-7-27-62-50(58)53(22-28-61-29-25-57)47-33-45(52-64-34-37-15-17-39(18-16-37)54(59)60)43-31-38(12-8-10-23-55)42(13-9-11-24-56)48-44-32-41(65-40-19-14-35(3)36(4)30-40)20-21-46(44)66-51(47,49(43)48)63-26-6-2/h5-6,14-21,30-32,38,42,47-49,55-57H,1-2,7-13,22-29,33-34H2,3-4H3. The molecule has 1 heterocycles. The van der Waals surface area contributed by atoms with Crippen LogP contribution < -0.4 is 9.47 Å². The third-order valence-electron chi connectivity index (χ3n) is 12.8. The van der Waals surface area contributed by atoms with Gasteiger partial charge in [0.25, 0.3) is 5.69 Å². The molecule has 1 aliphatic heterocycles. The molecule has 6 unspecified atom stereocenters. The summed E-state index contributed by atoms with van der Waals surface area (Å²) in [5.41, 5.74) is 5.16. The van der Waals surface area contributed by atoms with Gasteiger partial charge in [0.1, 0.15) is 29.9 Å². The average Bonchev–Trinajstić information content (AvgIpc) is 3.31. The molecule has 3 N–H and O–H groups in total. The fourth-order valence-corrected chi connectivity index (χ4v) is 9.54. The minimum atomic E-state index is -1.55. The van der Waals surface area contributed by atoms with Crippen LogP contribution in [0, 0.1) is 41.7 Å². The van der Waals surface area contributed by atoms with E-state index in [1.165, 1.54) is 12.1 Å². The number of nitrogens with zero attached hydrogens (tertiary/aromatic N) is 3. The lowest BCUT2D eigenvalue weighted by atomic mass is 9.55. The normalized spacial score (nSPS) is 22.3. The van der Waals surface area contributed by atoms with Crippen molar-refractivity contribution in [3.8, 4) is 17.2 Å². The summed E-state index contributed by atoms with van der Waals surface area (Å²) in [7, 11) is 0. The van der Waals surface area contributed by atoms with Crippen molar-refractivity contribution in [1.29, 1.82) is 0 Å². The van der Waals surface area contributed by atoms with E-state index in [4.69, 9.17) is 33.7 Å². The quantitative estimate of drug-likeness (QED) is 0.0301. The van der Waals surface area contributed by atoms with E-state index in [2.05, 4.69) is 26.2 Å². The Balaban J connectivity index is 1.57. The highest BCUT2D eigenvalue weighted by molar-refractivity contribution is 6.03. The number of carbonyl (C=O) groups is 1. The number of nitro groups is 1. The average molecular weight is 912 g/mol. The van der Waals surface area contributed by atoms with Crippen LogP contribution in [0.1, 0.15) is 79.5 Å². The van der Waals surface area contributed by atoms with Crippen molar-refractivity contribution in [2.75, 3.05) is 52.8 Å². The summed E-state index contributed by atoms with van der Waals surface area (Å²) in [6.45, 7) is 12.1. The molecule has 0 saturated heterocycles. The Morgan fingerprint density at radius 1 is 0.924 bits per heavy atom. The van der Waals surface area contributed by atoms with Gasteiger partial charge in [-0.05, 0) is 123 Å². The second-order valence-electron chi connectivity index (χ2n) is 17.0. The van der Waals surface area contributed by atoms with Crippen molar-refractivity contribution in [2.24, 2.45) is 22.9 Å². The molecular formula is C51H65N3O12. The Morgan fingerprint density at radius 2 is 1.67 bits per heavy atom. The second-order valence-corrected chi connectivity index (χ2v) is 17.0. The zero-order valence-corrected chi connectivity index (χ0v) is 38.2. The molecule has 0 spiro atoms. The smallest absolute Gasteiger partial charge is 0.410 e. The number of hydrogen-bond donors (Lipinski definition) is 3. The molecule has 1 fully saturated rings. The van der Waals surface area contributed by atoms with E-state index in [9.17, 15) is 30.2 Å². The van der Waals surface area contributed by atoms with Crippen molar-refractivity contribution < 1.29 is 53.6 Å². The number of oxime groups is 1. The highest BCUT2D eigenvalue weighted by Gasteiger charge is 2.65. The first-order valence-corrected chi connectivity index (χ1v) is 23.0. The lowest BCUT2D eigenvalue weighted by Crippen LogP contribution is -2.70. The highest BCUT2D eigenvalue weighted by Crippen LogP contribution is 2.62. The van der Waals surface area contributed by atoms with Crippen molar-refractivity contribution in [3.63, 3.8) is 0 Å². The van der Waals surface area contributed by atoms with Crippen LogP contribution >= 0.6 is 0 Å². The van der Waals surface area contributed by atoms with E-state index in [0.717, 1.165) is 47.9 Å². The van der Waals surface area contributed by atoms with Crippen LogP contribution in [-0.4, -0.2) is 102 Å². The number of aliphatic hydroxyl groups excluding tert-OH is 3. The van der Waals surface area contributed by atoms with Crippen LogP contribution in [0.4, 0.5) is 10.5 Å². The highest BCUT2D eigenvalue weighted by atomic mass is 16.7. The summed E-state index contributed by atoms with van der Waals surface area (Å²) in [6.07, 6.45) is 9.70. The maximum atomic E-state index is 14.5. The number of rotatable bonds is 26. The van der Waals surface area contributed by atoms with Gasteiger partial charge in [-0.1, -0.05) is 42.3 Å². The van der Waals surface area contributed by atoms with Crippen LogP contribution in [0.25, 0.3) is 0 Å². The second kappa shape index (κ2) is 24.3. The molecule has 3 aromatic rings. The Morgan fingerprint density at radius 3 is 2.36 bits per heavy atom. The molecule has 0 radical (unpaired) electrons. The molecule has 3 aliphatic rings. The zero-order chi connectivity index (χ0) is 47.1. The number of aryl methyl sites for hydroxylation is 2. The third kappa shape index (κ3) is 11.9. The molecule has 3 aromatic carbocycles. The lowest BCUT2D eigenvalue weighted by molar-refractivity contribution is -0.384. The zero-order valence-electron chi connectivity index (χ0n) is 38.2. The van der Waals surface area contributed by atoms with E-state index in [1.54, 1.807) is 29.2 Å². The third-order valence-corrected chi connectivity index (χ3v) is 12.8. The van der Waals surface area contributed by atoms with E-state index in [0.29, 0.717) is 47.8 Å². The van der Waals surface area contributed by atoms with E-state index >= 15 is 0 Å². The van der Waals surface area contributed by atoms with Crippen LogP contribution in [-0.2, 0) is 25.7 Å². The summed E-state index contributed by atoms with van der Waals surface area (Å²) < 4.78 is 32.6. The molecule has 6 atom stereocenters. The first-order chi connectivity index (χ1) is 32.1. The SMILES string of the molecule is C=CCCOC(=O)N(CCOCCO)C1CC(=NOCc2ccc([N+](=O)[O-])cc2)C2=CC(CCCCO)C(CCCCO)C3c4cc(Oc5ccc(C)c(C)c5)ccc4OC1(OCC=C)C23. The monoisotopic (exact) mass is 911 g/mol. The first-order valence-electron chi connectivity index (χ1n) is 23.0. The molecular weight excluding hydrogens is 847 g/mol. The van der Waals surface area contributed by atoms with E-state index < -0.39 is 28.8 Å². The molecule has 1 saturated carbocycles. The van der Waals surface area contributed by atoms with Crippen molar-refractivity contribution >= 4 is 17.5 Å². The van der Waals surface area contributed by atoms with Gasteiger partial charge in [-0.25, -0.2) is 4.79 Å². The Bertz CT molecular complexity index is 2180. The molecule has 1 amide bonds. The van der Waals surface area contributed by atoms with Crippen LogP contribution in [0.2, 0.25) is 0 Å². The topological polar surface area (TPSA) is 192 Å². The summed E-state index contributed by atoms with van der Waals surface area (Å²) in [5, 5.41) is 45.8. The number of fused-ring (bicyclic) bond motifs is 2. The first kappa shape index (κ1) is 49.8. The van der Waals surface area contributed by atoms with Gasteiger partial charge in [0.2, 0.25) is 5.79 Å². The Kier molecular flexibility index (Phi) is 18.3. The Hall–Kier alpha value is -5.58.